The van der Waals surface area contributed by atoms with Crippen molar-refractivity contribution in [3.63, 3.8) is 0 Å². The van der Waals surface area contributed by atoms with Crippen LogP contribution in [0.4, 0.5) is 0 Å². The van der Waals surface area contributed by atoms with Gasteiger partial charge in [0.2, 0.25) is 0 Å². The number of aromatic nitrogens is 1. The van der Waals surface area contributed by atoms with Crippen LogP contribution in [-0.4, -0.2) is 11.1 Å². The maximum absolute atomic E-state index is 14.2. The van der Waals surface area contributed by atoms with Crippen molar-refractivity contribution in [3.05, 3.63) is 131 Å². The Morgan fingerprint density at radius 3 is 1.61 bits per heavy atom. The molecule has 0 spiro atoms. The quantitative estimate of drug-likeness (QED) is 0.224. The van der Waals surface area contributed by atoms with E-state index in [2.05, 4.69) is 5.16 Å². The minimum Gasteiger partial charge on any atom is -0.360 e. The van der Waals surface area contributed by atoms with Gasteiger partial charge in [-0.05, 0) is 19.1 Å². The number of aryl methyl sites for hydroxylation is 1. The largest absolute Gasteiger partial charge is 0.360 e. The van der Waals surface area contributed by atoms with Crippen molar-refractivity contribution in [2.75, 3.05) is 0 Å². The van der Waals surface area contributed by atoms with Gasteiger partial charge in [0, 0.05) is 21.5 Å². The Kier molecular flexibility index (Phi) is 6.93. The maximum atomic E-state index is 14.2. The minimum atomic E-state index is -2.77. The Hall–Kier alpha value is -3.43. The summed E-state index contributed by atoms with van der Waals surface area (Å²) in [7, 11) is -2.77. The molecule has 0 saturated heterocycles. The minimum absolute atomic E-state index is 0.247. The van der Waals surface area contributed by atoms with Crippen LogP contribution in [-0.2, 0) is 0 Å². The molecule has 1 aromatic heterocycles. The third kappa shape index (κ3) is 4.33. The van der Waals surface area contributed by atoms with Crippen molar-refractivity contribution < 1.29 is 9.32 Å². The Labute approximate surface area is 219 Å². The fourth-order valence-electron chi connectivity index (χ4n) is 4.26. The van der Waals surface area contributed by atoms with Crippen LogP contribution in [0.3, 0.4) is 0 Å². The lowest BCUT2D eigenvalue weighted by atomic mass is 10.1. The van der Waals surface area contributed by atoms with Gasteiger partial charge in [0.1, 0.15) is 17.0 Å². The molecule has 1 heterocycles. The number of carbonyl (C=O) groups excluding carboxylic acids is 1. The van der Waals surface area contributed by atoms with E-state index >= 15 is 0 Å². The summed E-state index contributed by atoms with van der Waals surface area (Å²) in [6.07, 6.45) is 0. The highest BCUT2D eigenvalue weighted by atomic mass is 35.5. The van der Waals surface area contributed by atoms with Gasteiger partial charge in [-0.1, -0.05) is 125 Å². The van der Waals surface area contributed by atoms with E-state index in [9.17, 15) is 4.79 Å². The first-order valence-electron chi connectivity index (χ1n) is 11.3. The molecule has 0 bridgehead atoms. The summed E-state index contributed by atoms with van der Waals surface area (Å²) in [5.41, 5.74) is 0.973. The van der Waals surface area contributed by atoms with Crippen LogP contribution in [0.15, 0.2) is 118 Å². The van der Waals surface area contributed by atoms with Gasteiger partial charge in [0.15, 0.2) is 0 Å². The Balaban J connectivity index is 1.84. The van der Waals surface area contributed by atoms with E-state index in [1.54, 1.807) is 25.1 Å². The van der Waals surface area contributed by atoms with E-state index in [0.717, 1.165) is 15.9 Å². The van der Waals surface area contributed by atoms with E-state index in [1.807, 2.05) is 91.0 Å². The number of halogens is 2. The molecule has 0 fully saturated rings. The van der Waals surface area contributed by atoms with Gasteiger partial charge < -0.3 is 4.52 Å². The van der Waals surface area contributed by atoms with Crippen molar-refractivity contribution in [2.45, 2.75) is 6.92 Å². The second kappa shape index (κ2) is 10.3. The predicted octanol–water partition coefficient (Wildman–Crippen LogP) is 7.27. The number of nitrogens with zero attached hydrogens (tertiary/aromatic N) is 2. The SMILES string of the molecule is Cc1onc(-c2c(Cl)cccc2Cl)c1C(=O)N=P(c1ccccc1)(c1ccccc1)c1ccccc1. The average Bonchev–Trinajstić information content (AvgIpc) is 3.29. The molecule has 0 aliphatic rings. The zero-order chi connectivity index (χ0) is 25.1. The number of rotatable bonds is 5. The smallest absolute Gasteiger partial charge is 0.282 e. The molecule has 5 aromatic rings. The number of amides is 1. The summed E-state index contributed by atoms with van der Waals surface area (Å²) >= 11 is 12.9. The van der Waals surface area contributed by atoms with Gasteiger partial charge in [-0.2, -0.15) is 0 Å². The van der Waals surface area contributed by atoms with E-state index in [-0.39, 0.29) is 11.3 Å². The maximum Gasteiger partial charge on any atom is 0.282 e. The van der Waals surface area contributed by atoms with Crippen molar-refractivity contribution in [1.29, 1.82) is 0 Å². The summed E-state index contributed by atoms with van der Waals surface area (Å²) in [6.45, 7) is 1.69. The molecule has 7 heteroatoms. The molecule has 36 heavy (non-hydrogen) atoms. The van der Waals surface area contributed by atoms with Gasteiger partial charge >= 0.3 is 0 Å². The first-order chi connectivity index (χ1) is 17.5. The van der Waals surface area contributed by atoms with Crippen molar-refractivity contribution in [3.8, 4) is 11.3 Å². The second-order valence-electron chi connectivity index (χ2n) is 8.11. The Bertz CT molecular complexity index is 1460. The summed E-state index contributed by atoms with van der Waals surface area (Å²) < 4.78 is 10.5. The first kappa shape index (κ1) is 24.3. The molecule has 5 rings (SSSR count). The molecule has 0 radical (unpaired) electrons. The predicted molar refractivity (Wildman–Crippen MR) is 149 cm³/mol. The lowest BCUT2D eigenvalue weighted by Crippen LogP contribution is -2.26. The fourth-order valence-corrected chi connectivity index (χ4v) is 8.26. The summed E-state index contributed by atoms with van der Waals surface area (Å²) in [5.74, 6) is -0.0911. The summed E-state index contributed by atoms with van der Waals surface area (Å²) in [4.78, 5) is 14.2. The topological polar surface area (TPSA) is 55.5 Å². The van der Waals surface area contributed by atoms with Crippen LogP contribution in [0.5, 0.6) is 0 Å². The zero-order valence-electron chi connectivity index (χ0n) is 19.3. The van der Waals surface area contributed by atoms with Crippen LogP contribution in [0.2, 0.25) is 10.0 Å². The van der Waals surface area contributed by atoms with Gasteiger partial charge in [-0.3, -0.25) is 4.79 Å². The van der Waals surface area contributed by atoms with Crippen molar-refractivity contribution in [2.24, 2.45) is 4.74 Å². The number of hydrogen-bond acceptors (Lipinski definition) is 3. The molecule has 0 aliphatic heterocycles. The number of benzene rings is 4. The van der Waals surface area contributed by atoms with Crippen LogP contribution >= 0.6 is 30.3 Å². The molecule has 0 saturated carbocycles. The van der Waals surface area contributed by atoms with Crippen LogP contribution in [0.25, 0.3) is 11.3 Å². The van der Waals surface area contributed by atoms with Crippen molar-refractivity contribution >= 4 is 52.1 Å². The molecular formula is C29H21Cl2N2O2P. The molecule has 4 aromatic carbocycles. The number of carbonyl (C=O) groups is 1. The van der Waals surface area contributed by atoms with Crippen molar-refractivity contribution in [1.82, 2.24) is 5.16 Å². The van der Waals surface area contributed by atoms with Crippen LogP contribution in [0, 0.1) is 6.92 Å². The molecule has 4 nitrogen and oxygen atoms in total. The normalized spacial score (nSPS) is 11.3. The summed E-state index contributed by atoms with van der Waals surface area (Å²) in [5, 5.41) is 7.80. The van der Waals surface area contributed by atoms with Gasteiger partial charge in [-0.15, -0.1) is 0 Å². The fraction of sp³-hybridized carbons (Fsp3) is 0.0345. The van der Waals surface area contributed by atoms with E-state index in [1.165, 1.54) is 0 Å². The van der Waals surface area contributed by atoms with Crippen LogP contribution < -0.4 is 15.9 Å². The standard InChI is InChI=1S/C29H21Cl2N2O2P/c1-20-26(28(32-35-20)27-24(30)18-11-19-25(27)31)29(34)33-36(21-12-5-2-6-13-21,22-14-7-3-8-15-22)23-16-9-4-10-17-23/h2-19H,1H3. The first-order valence-corrected chi connectivity index (χ1v) is 13.8. The lowest BCUT2D eigenvalue weighted by Gasteiger charge is -2.26. The average molecular weight is 531 g/mol. The van der Waals surface area contributed by atoms with Gasteiger partial charge in [0.05, 0.1) is 17.1 Å². The highest BCUT2D eigenvalue weighted by molar-refractivity contribution is 7.87. The highest BCUT2D eigenvalue weighted by Gasteiger charge is 2.31. The van der Waals surface area contributed by atoms with E-state index in [4.69, 9.17) is 32.5 Å². The molecule has 1 amide bonds. The molecule has 0 atom stereocenters. The third-order valence-electron chi connectivity index (χ3n) is 5.91. The molecular weight excluding hydrogens is 510 g/mol. The molecule has 0 unspecified atom stereocenters. The number of hydrogen-bond donors (Lipinski definition) is 0. The van der Waals surface area contributed by atoms with E-state index in [0.29, 0.717) is 21.4 Å². The van der Waals surface area contributed by atoms with E-state index < -0.39 is 13.0 Å². The molecule has 178 valence electrons. The third-order valence-corrected chi connectivity index (χ3v) is 10.2. The zero-order valence-corrected chi connectivity index (χ0v) is 21.7. The van der Waals surface area contributed by atoms with Gasteiger partial charge in [-0.25, -0.2) is 4.74 Å². The Morgan fingerprint density at radius 2 is 1.17 bits per heavy atom. The molecule has 0 aliphatic carbocycles. The highest BCUT2D eigenvalue weighted by Crippen LogP contribution is 2.47. The second-order valence-corrected chi connectivity index (χ2v) is 11.9. The lowest BCUT2D eigenvalue weighted by molar-refractivity contribution is 0.100. The Morgan fingerprint density at radius 1 is 0.722 bits per heavy atom. The molecule has 0 N–H and O–H groups in total. The van der Waals surface area contributed by atoms with Crippen LogP contribution in [0.1, 0.15) is 16.1 Å². The monoisotopic (exact) mass is 530 g/mol. The van der Waals surface area contributed by atoms with Gasteiger partial charge in [0.25, 0.3) is 5.91 Å². The summed E-state index contributed by atoms with van der Waals surface area (Å²) in [6, 6.07) is 35.0.